The Hall–Kier alpha value is -0.880. The van der Waals surface area contributed by atoms with Crippen molar-refractivity contribution in [1.29, 1.82) is 0 Å². The van der Waals surface area contributed by atoms with Crippen LogP contribution in [0.5, 0.6) is 0 Å². The number of hydrogen-bond donors (Lipinski definition) is 2. The molecule has 6 heteroatoms. The average Bonchev–Trinajstić information content (AvgIpc) is 3.27. The number of halogens is 1. The Labute approximate surface area is 158 Å². The van der Waals surface area contributed by atoms with Gasteiger partial charge in [0.2, 0.25) is 5.91 Å². The van der Waals surface area contributed by atoms with E-state index in [0.717, 1.165) is 12.8 Å². The van der Waals surface area contributed by atoms with Crippen molar-refractivity contribution in [3.8, 4) is 0 Å². The van der Waals surface area contributed by atoms with Crippen LogP contribution in [-0.2, 0) is 4.79 Å². The molecule has 3 N–H and O–H groups in total. The van der Waals surface area contributed by atoms with Gasteiger partial charge in [-0.05, 0) is 47.7 Å². The molecule has 1 amide bonds. The first-order chi connectivity index (χ1) is 11.2. The summed E-state index contributed by atoms with van der Waals surface area (Å²) in [7, 11) is 0. The van der Waals surface area contributed by atoms with Crippen molar-refractivity contribution in [1.82, 2.24) is 5.32 Å². The van der Waals surface area contributed by atoms with E-state index in [0.29, 0.717) is 13.0 Å². The first-order valence-corrected chi connectivity index (χ1v) is 10.0. The maximum atomic E-state index is 12.7. The minimum absolute atomic E-state index is 0. The fraction of sp³-hybridized carbons (Fsp3) is 0.500. The fourth-order valence-corrected chi connectivity index (χ4v) is 5.16. The van der Waals surface area contributed by atoms with E-state index in [4.69, 9.17) is 5.73 Å². The van der Waals surface area contributed by atoms with Gasteiger partial charge in [0, 0.05) is 16.2 Å². The van der Waals surface area contributed by atoms with E-state index in [1.165, 1.54) is 29.0 Å². The molecule has 3 nitrogen and oxygen atoms in total. The van der Waals surface area contributed by atoms with Gasteiger partial charge in [0.15, 0.2) is 0 Å². The Balaban J connectivity index is 0.00000208. The first kappa shape index (κ1) is 19.4. The number of carbonyl (C=O) groups excluding carboxylic acids is 1. The standard InChI is InChI=1S/C18H24N2OS2.ClH/c19-13-18(8-2-1-3-9-18)12-16(21)20-17(14-6-4-10-22-14)15-7-5-11-23-15;/h4-7,10-11,17H,1-3,8-9,12-13,19H2,(H,20,21);1H. The molecule has 3 rings (SSSR count). The Morgan fingerprint density at radius 2 is 1.71 bits per heavy atom. The summed E-state index contributed by atoms with van der Waals surface area (Å²) in [5.41, 5.74) is 6.04. The third kappa shape index (κ3) is 4.60. The zero-order valence-electron chi connectivity index (χ0n) is 13.7. The molecule has 24 heavy (non-hydrogen) atoms. The maximum absolute atomic E-state index is 12.7. The molecule has 0 aromatic carbocycles. The van der Waals surface area contributed by atoms with E-state index in [1.807, 2.05) is 12.1 Å². The number of hydrogen-bond acceptors (Lipinski definition) is 4. The summed E-state index contributed by atoms with van der Waals surface area (Å²) in [6.45, 7) is 0.614. The van der Waals surface area contributed by atoms with Gasteiger partial charge in [-0.3, -0.25) is 4.79 Å². The zero-order chi connectivity index (χ0) is 16.1. The van der Waals surface area contributed by atoms with Crippen LogP contribution in [0.4, 0.5) is 0 Å². The molecular formula is C18H25ClN2OS2. The van der Waals surface area contributed by atoms with Crippen LogP contribution in [-0.4, -0.2) is 12.5 Å². The topological polar surface area (TPSA) is 55.1 Å². The second kappa shape index (κ2) is 8.99. The molecule has 1 saturated carbocycles. The second-order valence-corrected chi connectivity index (χ2v) is 8.43. The van der Waals surface area contributed by atoms with Gasteiger partial charge in [0.1, 0.15) is 0 Å². The van der Waals surface area contributed by atoms with E-state index in [9.17, 15) is 4.79 Å². The predicted molar refractivity (Wildman–Crippen MR) is 105 cm³/mol. The predicted octanol–water partition coefficient (Wildman–Crippen LogP) is 4.74. The highest BCUT2D eigenvalue weighted by Crippen LogP contribution is 2.39. The smallest absolute Gasteiger partial charge is 0.221 e. The van der Waals surface area contributed by atoms with Crippen molar-refractivity contribution < 1.29 is 4.79 Å². The lowest BCUT2D eigenvalue weighted by atomic mass is 9.71. The number of carbonyl (C=O) groups is 1. The third-order valence-corrected chi connectivity index (χ3v) is 6.72. The summed E-state index contributed by atoms with van der Waals surface area (Å²) in [5.74, 6) is 0.129. The molecule has 0 aliphatic heterocycles. The van der Waals surface area contributed by atoms with Crippen LogP contribution in [0.15, 0.2) is 35.0 Å². The molecule has 0 saturated heterocycles. The fourth-order valence-electron chi connectivity index (χ4n) is 3.50. The quantitative estimate of drug-likeness (QED) is 0.755. The average molecular weight is 385 g/mol. The SMILES string of the molecule is Cl.NCC1(CC(=O)NC(c2cccs2)c2cccs2)CCCCC1. The third-order valence-electron chi connectivity index (χ3n) is 4.84. The minimum atomic E-state index is -0.0269. The molecule has 1 aliphatic rings. The van der Waals surface area contributed by atoms with Crippen molar-refractivity contribution in [2.45, 2.75) is 44.6 Å². The van der Waals surface area contributed by atoms with Crippen LogP contribution in [0, 0.1) is 5.41 Å². The van der Waals surface area contributed by atoms with Crippen molar-refractivity contribution >= 4 is 41.0 Å². The van der Waals surface area contributed by atoms with E-state index in [-0.39, 0.29) is 29.8 Å². The molecule has 2 aromatic heterocycles. The normalized spacial score (nSPS) is 16.6. The molecule has 2 aromatic rings. The second-order valence-electron chi connectivity index (χ2n) is 6.47. The van der Waals surface area contributed by atoms with Crippen molar-refractivity contribution in [2.75, 3.05) is 6.54 Å². The molecule has 0 bridgehead atoms. The summed E-state index contributed by atoms with van der Waals surface area (Å²) in [6.07, 6.45) is 6.39. The van der Waals surface area contributed by atoms with Crippen LogP contribution < -0.4 is 11.1 Å². The van der Waals surface area contributed by atoms with E-state index >= 15 is 0 Å². The highest BCUT2D eigenvalue weighted by atomic mass is 35.5. The van der Waals surface area contributed by atoms with E-state index in [1.54, 1.807) is 22.7 Å². The number of amides is 1. The molecule has 0 atom stereocenters. The highest BCUT2D eigenvalue weighted by Gasteiger charge is 2.33. The van der Waals surface area contributed by atoms with Gasteiger partial charge in [-0.15, -0.1) is 35.1 Å². The Kier molecular flexibility index (Phi) is 7.29. The van der Waals surface area contributed by atoms with Crippen LogP contribution in [0.1, 0.15) is 54.3 Å². The number of thiophene rings is 2. The Morgan fingerprint density at radius 1 is 1.12 bits per heavy atom. The highest BCUT2D eigenvalue weighted by molar-refractivity contribution is 7.11. The maximum Gasteiger partial charge on any atom is 0.221 e. The van der Waals surface area contributed by atoms with Crippen molar-refractivity contribution in [3.63, 3.8) is 0 Å². The van der Waals surface area contributed by atoms with Gasteiger partial charge in [0.05, 0.1) is 6.04 Å². The van der Waals surface area contributed by atoms with Crippen molar-refractivity contribution in [3.05, 3.63) is 44.8 Å². The summed E-state index contributed by atoms with van der Waals surface area (Å²) in [5, 5.41) is 7.37. The number of nitrogens with one attached hydrogen (secondary N) is 1. The Morgan fingerprint density at radius 3 is 2.17 bits per heavy atom. The van der Waals surface area contributed by atoms with Crippen LogP contribution in [0.25, 0.3) is 0 Å². The lowest BCUT2D eigenvalue weighted by Crippen LogP contribution is -2.39. The van der Waals surface area contributed by atoms with Crippen LogP contribution in [0.2, 0.25) is 0 Å². The molecule has 0 unspecified atom stereocenters. The molecular weight excluding hydrogens is 360 g/mol. The minimum Gasteiger partial charge on any atom is -0.344 e. The molecule has 0 radical (unpaired) electrons. The summed E-state index contributed by atoms with van der Waals surface area (Å²) in [6, 6.07) is 8.23. The van der Waals surface area contributed by atoms with Crippen LogP contribution >= 0.6 is 35.1 Å². The van der Waals surface area contributed by atoms with Gasteiger partial charge in [-0.1, -0.05) is 31.4 Å². The van der Waals surface area contributed by atoms with E-state index < -0.39 is 0 Å². The Bertz CT molecular complexity index is 573. The lowest BCUT2D eigenvalue weighted by Gasteiger charge is -2.36. The molecule has 1 fully saturated rings. The number of rotatable bonds is 6. The molecule has 0 spiro atoms. The summed E-state index contributed by atoms with van der Waals surface area (Å²) >= 11 is 3.38. The zero-order valence-corrected chi connectivity index (χ0v) is 16.2. The van der Waals surface area contributed by atoms with Gasteiger partial charge in [0.25, 0.3) is 0 Å². The van der Waals surface area contributed by atoms with Gasteiger partial charge >= 0.3 is 0 Å². The summed E-state index contributed by atoms with van der Waals surface area (Å²) < 4.78 is 0. The molecule has 132 valence electrons. The largest absolute Gasteiger partial charge is 0.344 e. The lowest BCUT2D eigenvalue weighted by molar-refractivity contribution is -0.124. The monoisotopic (exact) mass is 384 g/mol. The molecule has 2 heterocycles. The van der Waals surface area contributed by atoms with Gasteiger partial charge < -0.3 is 11.1 Å². The van der Waals surface area contributed by atoms with Crippen LogP contribution in [0.3, 0.4) is 0 Å². The summed E-state index contributed by atoms with van der Waals surface area (Å²) in [4.78, 5) is 15.1. The van der Waals surface area contributed by atoms with Gasteiger partial charge in [-0.25, -0.2) is 0 Å². The first-order valence-electron chi connectivity index (χ1n) is 8.29. The van der Waals surface area contributed by atoms with Gasteiger partial charge in [-0.2, -0.15) is 0 Å². The van der Waals surface area contributed by atoms with Crippen molar-refractivity contribution in [2.24, 2.45) is 11.1 Å². The van der Waals surface area contributed by atoms with E-state index in [2.05, 4.69) is 28.2 Å². The molecule has 1 aliphatic carbocycles. The number of nitrogens with two attached hydrogens (primary N) is 1.